The molecule has 3 heterocycles. The van der Waals surface area contributed by atoms with Gasteiger partial charge in [0.15, 0.2) is 5.54 Å². The van der Waals surface area contributed by atoms with Crippen molar-refractivity contribution in [3.05, 3.63) is 83.4 Å². The first-order chi connectivity index (χ1) is 20.5. The van der Waals surface area contributed by atoms with Gasteiger partial charge in [-0.1, -0.05) is 49.2 Å². The second-order valence-corrected chi connectivity index (χ2v) is 13.2. The fourth-order valence-electron chi connectivity index (χ4n) is 7.79. The molecule has 218 valence electrons. The molecule has 3 aromatic rings. The van der Waals surface area contributed by atoms with Crippen LogP contribution in [-0.2, 0) is 4.79 Å². The Bertz CT molecular complexity index is 1470. The highest BCUT2D eigenvalue weighted by Crippen LogP contribution is 2.56. The molecule has 7 heteroatoms. The van der Waals surface area contributed by atoms with E-state index in [4.69, 9.17) is 0 Å². The lowest BCUT2D eigenvalue weighted by Crippen LogP contribution is -2.49. The number of carbonyl (C=O) groups is 2. The Balaban J connectivity index is 1.27. The monoisotopic (exact) mass is 580 g/mol. The van der Waals surface area contributed by atoms with Crippen molar-refractivity contribution in [2.75, 3.05) is 34.8 Å². The Labute approximate surface area is 251 Å². The van der Waals surface area contributed by atoms with Crippen LogP contribution in [-0.4, -0.2) is 47.9 Å². The fourth-order valence-corrected chi connectivity index (χ4v) is 8.26. The van der Waals surface area contributed by atoms with E-state index in [0.29, 0.717) is 12.6 Å². The van der Waals surface area contributed by atoms with Crippen molar-refractivity contribution in [2.24, 2.45) is 0 Å². The van der Waals surface area contributed by atoms with Gasteiger partial charge in [-0.05, 0) is 92.2 Å². The summed E-state index contributed by atoms with van der Waals surface area (Å²) >= 11 is 0. The van der Waals surface area contributed by atoms with Crippen LogP contribution in [0.1, 0.15) is 78.9 Å². The summed E-state index contributed by atoms with van der Waals surface area (Å²) in [5.41, 5.74) is 5.16. The van der Waals surface area contributed by atoms with Crippen LogP contribution in [0.15, 0.2) is 66.7 Å². The summed E-state index contributed by atoms with van der Waals surface area (Å²) in [6, 6.07) is 23.1. The molecule has 4 fully saturated rings. The third-order valence-corrected chi connectivity index (χ3v) is 10.4. The summed E-state index contributed by atoms with van der Waals surface area (Å²) < 4.78 is 0. The van der Waals surface area contributed by atoms with Crippen LogP contribution in [0, 0.1) is 6.92 Å². The largest absolute Gasteiger partial charge is 0.382 e. The Hall–Kier alpha value is -3.37. The topological polar surface area (TPSA) is 55.7 Å². The molecule has 3 aliphatic heterocycles. The van der Waals surface area contributed by atoms with Crippen molar-refractivity contribution >= 4 is 43.4 Å². The van der Waals surface area contributed by atoms with Crippen LogP contribution in [0.3, 0.4) is 0 Å². The van der Waals surface area contributed by atoms with Crippen molar-refractivity contribution in [1.82, 2.24) is 4.90 Å². The molecule has 1 spiro atoms. The van der Waals surface area contributed by atoms with Gasteiger partial charge < -0.3 is 15.1 Å². The van der Waals surface area contributed by atoms with Crippen molar-refractivity contribution in [2.45, 2.75) is 75.9 Å². The standard InChI is InChI=1S/C35H41N4O2P/c1-24-9-6-14-30(42)31(24)33(40)38-22-8-19-35(32(38)25-15-17-27(18-16-25)36-26-10-2-3-11-26)34(41)39(35)29-13-7-12-28(23-29)37-20-4-5-21-37/h6-7,9,12-18,23,26,32,36H,2-5,8,10-11,19-22,42H2,1H3. The predicted molar refractivity (Wildman–Crippen MR) is 174 cm³/mol. The number of benzene rings is 3. The van der Waals surface area contributed by atoms with E-state index in [1.165, 1.54) is 44.2 Å². The quantitative estimate of drug-likeness (QED) is 0.278. The molecule has 0 radical (unpaired) electrons. The molecule has 7 rings (SSSR count). The summed E-state index contributed by atoms with van der Waals surface area (Å²) in [5, 5.41) is 4.59. The Morgan fingerprint density at radius 2 is 1.60 bits per heavy atom. The van der Waals surface area contributed by atoms with E-state index in [-0.39, 0.29) is 17.9 Å². The second-order valence-electron chi connectivity index (χ2n) is 12.6. The van der Waals surface area contributed by atoms with Crippen molar-refractivity contribution in [1.29, 1.82) is 0 Å². The normalized spacial score (nSPS) is 24.1. The molecule has 3 saturated heterocycles. The average molecular weight is 581 g/mol. The van der Waals surface area contributed by atoms with Gasteiger partial charge in [0.25, 0.3) is 11.8 Å². The summed E-state index contributed by atoms with van der Waals surface area (Å²) in [5.74, 6) is 0.119. The molecule has 1 N–H and O–H groups in total. The van der Waals surface area contributed by atoms with Crippen LogP contribution in [0.4, 0.5) is 17.1 Å². The van der Waals surface area contributed by atoms with E-state index in [1.807, 2.05) is 34.9 Å². The molecular formula is C35H41N4O2P. The fraction of sp³-hybridized carbons (Fsp3) is 0.429. The minimum atomic E-state index is -0.762. The second kappa shape index (κ2) is 11.0. The van der Waals surface area contributed by atoms with Crippen LogP contribution in [0.5, 0.6) is 0 Å². The highest BCUT2D eigenvalue weighted by Gasteiger charge is 2.70. The molecular weight excluding hydrogens is 539 g/mol. The predicted octanol–water partition coefficient (Wildman–Crippen LogP) is 6.21. The van der Waals surface area contributed by atoms with Gasteiger partial charge in [0.05, 0.1) is 6.04 Å². The minimum absolute atomic E-state index is 0.000740. The number of likely N-dealkylation sites (tertiary alicyclic amines) is 1. The van der Waals surface area contributed by atoms with Crippen molar-refractivity contribution in [3.8, 4) is 0 Å². The zero-order valence-corrected chi connectivity index (χ0v) is 25.7. The molecule has 1 aliphatic carbocycles. The van der Waals surface area contributed by atoms with Gasteiger partial charge in [-0.25, -0.2) is 0 Å². The summed E-state index contributed by atoms with van der Waals surface area (Å²) in [6.07, 6.45) is 8.92. The van der Waals surface area contributed by atoms with Gasteiger partial charge in [-0.15, -0.1) is 9.24 Å². The molecule has 1 saturated carbocycles. The third kappa shape index (κ3) is 4.68. The zero-order valence-electron chi connectivity index (χ0n) is 24.5. The van der Waals surface area contributed by atoms with Gasteiger partial charge in [-0.3, -0.25) is 14.5 Å². The van der Waals surface area contributed by atoms with Crippen LogP contribution in [0.25, 0.3) is 0 Å². The molecule has 42 heavy (non-hydrogen) atoms. The van der Waals surface area contributed by atoms with Gasteiger partial charge >= 0.3 is 0 Å². The minimum Gasteiger partial charge on any atom is -0.382 e. The summed E-state index contributed by atoms with van der Waals surface area (Å²) in [6.45, 7) is 4.74. The summed E-state index contributed by atoms with van der Waals surface area (Å²) in [7, 11) is 2.74. The maximum Gasteiger partial charge on any atom is 0.256 e. The zero-order chi connectivity index (χ0) is 28.8. The number of hydrogen-bond acceptors (Lipinski definition) is 4. The Kier molecular flexibility index (Phi) is 7.22. The molecule has 2 amide bonds. The molecule has 3 atom stereocenters. The maximum atomic E-state index is 14.4. The van der Waals surface area contributed by atoms with Crippen LogP contribution < -0.4 is 20.4 Å². The first kappa shape index (κ1) is 27.5. The lowest BCUT2D eigenvalue weighted by atomic mass is 9.82. The van der Waals surface area contributed by atoms with E-state index in [2.05, 4.69) is 68.0 Å². The van der Waals surface area contributed by atoms with E-state index >= 15 is 0 Å². The average Bonchev–Trinajstić information content (AvgIpc) is 3.48. The van der Waals surface area contributed by atoms with E-state index in [1.54, 1.807) is 0 Å². The molecule has 3 aromatic carbocycles. The van der Waals surface area contributed by atoms with Crippen LogP contribution >= 0.6 is 9.24 Å². The number of hydrogen-bond donors (Lipinski definition) is 1. The molecule has 4 aliphatic rings. The number of amides is 2. The van der Waals surface area contributed by atoms with E-state index in [0.717, 1.165) is 59.3 Å². The highest BCUT2D eigenvalue weighted by molar-refractivity contribution is 7.27. The highest BCUT2D eigenvalue weighted by atomic mass is 31.0. The number of carbonyl (C=O) groups excluding carboxylic acids is 2. The number of rotatable bonds is 6. The van der Waals surface area contributed by atoms with Gasteiger partial charge in [0, 0.05) is 48.3 Å². The van der Waals surface area contributed by atoms with Gasteiger partial charge in [0.1, 0.15) is 0 Å². The Morgan fingerprint density at radius 3 is 2.33 bits per heavy atom. The number of nitrogens with one attached hydrogen (secondary N) is 1. The lowest BCUT2D eigenvalue weighted by Gasteiger charge is -2.41. The SMILES string of the molecule is Cc1cccc(P)c1C(=O)N1CCCC2(C(=O)N2c2cccc(N3CCCC3)c2)C1c1ccc(NC2CCCC2)cc1. The first-order valence-electron chi connectivity index (χ1n) is 15.7. The van der Waals surface area contributed by atoms with E-state index in [9.17, 15) is 9.59 Å². The molecule has 0 aromatic heterocycles. The van der Waals surface area contributed by atoms with Crippen molar-refractivity contribution in [3.63, 3.8) is 0 Å². The summed E-state index contributed by atoms with van der Waals surface area (Å²) in [4.78, 5) is 34.9. The van der Waals surface area contributed by atoms with Crippen LogP contribution in [0.2, 0.25) is 0 Å². The molecule has 3 unspecified atom stereocenters. The maximum absolute atomic E-state index is 14.4. The van der Waals surface area contributed by atoms with Crippen molar-refractivity contribution < 1.29 is 9.59 Å². The number of nitrogens with zero attached hydrogens (tertiary/aromatic N) is 3. The van der Waals surface area contributed by atoms with E-state index < -0.39 is 5.54 Å². The third-order valence-electron chi connectivity index (χ3n) is 9.93. The van der Waals surface area contributed by atoms with Gasteiger partial charge in [-0.2, -0.15) is 0 Å². The number of aryl methyl sites for hydroxylation is 1. The number of anilines is 3. The smallest absolute Gasteiger partial charge is 0.256 e. The molecule has 0 bridgehead atoms. The van der Waals surface area contributed by atoms with Gasteiger partial charge in [0.2, 0.25) is 0 Å². The lowest BCUT2D eigenvalue weighted by molar-refractivity contribution is -0.112. The molecule has 6 nitrogen and oxygen atoms in total. The first-order valence-corrected chi connectivity index (χ1v) is 16.3. The number of piperidine rings is 1. The Morgan fingerprint density at radius 1 is 0.881 bits per heavy atom.